The molecule has 0 spiro atoms. The fourth-order valence-corrected chi connectivity index (χ4v) is 1.63. The van der Waals surface area contributed by atoms with Gasteiger partial charge in [0.05, 0.1) is 0 Å². The molecule has 17 heavy (non-hydrogen) atoms. The summed E-state index contributed by atoms with van der Waals surface area (Å²) in [6.45, 7) is 0.590. The van der Waals surface area contributed by atoms with Gasteiger partial charge in [-0.15, -0.1) is 0 Å². The Balaban J connectivity index is 2.04. The summed E-state index contributed by atoms with van der Waals surface area (Å²) < 4.78 is 0. The maximum atomic E-state index is 9.15. The van der Waals surface area contributed by atoms with E-state index in [4.69, 9.17) is 22.4 Å². The van der Waals surface area contributed by atoms with Gasteiger partial charge in [-0.3, -0.25) is 0 Å². The van der Waals surface area contributed by atoms with Gasteiger partial charge in [0.15, 0.2) is 0 Å². The van der Waals surface area contributed by atoms with Crippen molar-refractivity contribution in [1.82, 2.24) is 4.98 Å². The van der Waals surface area contributed by atoms with E-state index >= 15 is 0 Å². The van der Waals surface area contributed by atoms with E-state index in [2.05, 4.69) is 10.3 Å². The van der Waals surface area contributed by atoms with Crippen molar-refractivity contribution >= 4 is 23.1 Å². The van der Waals surface area contributed by atoms with Crippen molar-refractivity contribution in [3.8, 4) is 5.75 Å². The van der Waals surface area contributed by atoms with E-state index in [1.54, 1.807) is 24.3 Å². The molecule has 4 nitrogen and oxygen atoms in total. The minimum absolute atomic E-state index is 0.249. The number of rotatable bonds is 3. The van der Waals surface area contributed by atoms with E-state index in [9.17, 15) is 0 Å². The molecule has 0 radical (unpaired) electrons. The maximum Gasteiger partial charge on any atom is 0.133 e. The first-order valence-electron chi connectivity index (χ1n) is 5.08. The second-order valence-electron chi connectivity index (χ2n) is 3.63. The second kappa shape index (κ2) is 4.93. The number of phenols is 1. The second-order valence-corrected chi connectivity index (χ2v) is 4.02. The molecule has 1 aromatic carbocycles. The van der Waals surface area contributed by atoms with Gasteiger partial charge in [0, 0.05) is 18.3 Å². The lowest BCUT2D eigenvalue weighted by Gasteiger charge is -2.07. The quantitative estimate of drug-likeness (QED) is 0.732. The third kappa shape index (κ3) is 3.26. The van der Waals surface area contributed by atoms with Crippen LogP contribution in [0.5, 0.6) is 5.75 Å². The van der Waals surface area contributed by atoms with Crippen molar-refractivity contribution in [3.05, 3.63) is 47.1 Å². The lowest BCUT2D eigenvalue weighted by Crippen LogP contribution is -2.02. The number of hydrogen-bond donors (Lipinski definition) is 3. The number of aromatic nitrogens is 1. The van der Waals surface area contributed by atoms with E-state index < -0.39 is 0 Å². The summed E-state index contributed by atoms with van der Waals surface area (Å²) in [6.07, 6.45) is 0. The molecule has 2 rings (SSSR count). The normalized spacial score (nSPS) is 10.2. The van der Waals surface area contributed by atoms with Crippen LogP contribution in [0.25, 0.3) is 0 Å². The first kappa shape index (κ1) is 11.5. The number of phenolic OH excluding ortho intramolecular Hbond substituents is 1. The molecule has 1 aromatic heterocycles. The van der Waals surface area contributed by atoms with E-state index in [-0.39, 0.29) is 5.75 Å². The summed E-state index contributed by atoms with van der Waals surface area (Å²) in [6, 6.07) is 10.2. The number of pyridine rings is 1. The van der Waals surface area contributed by atoms with Gasteiger partial charge in [-0.05, 0) is 23.8 Å². The number of nitrogens with one attached hydrogen (secondary N) is 1. The van der Waals surface area contributed by atoms with E-state index in [0.29, 0.717) is 23.2 Å². The zero-order valence-electron chi connectivity index (χ0n) is 9.02. The maximum absolute atomic E-state index is 9.15. The topological polar surface area (TPSA) is 71.2 Å². The van der Waals surface area contributed by atoms with Crippen LogP contribution in [-0.4, -0.2) is 10.1 Å². The molecule has 0 amide bonds. The lowest BCUT2D eigenvalue weighted by atomic mass is 10.2. The van der Waals surface area contributed by atoms with Crippen molar-refractivity contribution in [2.45, 2.75) is 6.54 Å². The number of benzene rings is 1. The molecule has 0 aliphatic heterocycles. The zero-order valence-corrected chi connectivity index (χ0v) is 9.78. The van der Waals surface area contributed by atoms with Gasteiger partial charge in [-0.1, -0.05) is 23.7 Å². The first-order valence-corrected chi connectivity index (χ1v) is 5.46. The van der Waals surface area contributed by atoms with Crippen LogP contribution in [0.2, 0.25) is 5.15 Å². The van der Waals surface area contributed by atoms with Gasteiger partial charge >= 0.3 is 0 Å². The Morgan fingerprint density at radius 2 is 1.94 bits per heavy atom. The smallest absolute Gasteiger partial charge is 0.133 e. The van der Waals surface area contributed by atoms with Gasteiger partial charge in [0.2, 0.25) is 0 Å². The van der Waals surface area contributed by atoms with Crippen molar-refractivity contribution < 1.29 is 5.11 Å². The molecule has 88 valence electrons. The summed E-state index contributed by atoms with van der Waals surface area (Å²) in [4.78, 5) is 4.09. The lowest BCUT2D eigenvalue weighted by molar-refractivity contribution is 0.475. The third-order valence-electron chi connectivity index (χ3n) is 2.23. The van der Waals surface area contributed by atoms with Crippen LogP contribution in [0.4, 0.5) is 11.5 Å². The van der Waals surface area contributed by atoms with Crippen LogP contribution in [0.3, 0.4) is 0 Å². The summed E-state index contributed by atoms with van der Waals surface area (Å²) >= 11 is 5.79. The summed E-state index contributed by atoms with van der Waals surface area (Å²) in [5.74, 6) is 0.877. The fraction of sp³-hybridized carbons (Fsp3) is 0.0833. The minimum atomic E-state index is 0.249. The van der Waals surface area contributed by atoms with Gasteiger partial charge in [0.1, 0.15) is 16.7 Å². The first-order chi connectivity index (χ1) is 8.13. The summed E-state index contributed by atoms with van der Waals surface area (Å²) in [5, 5.41) is 12.6. The summed E-state index contributed by atoms with van der Waals surface area (Å²) in [5.41, 5.74) is 7.25. The molecule has 1 heterocycles. The molecule has 0 saturated carbocycles. The highest BCUT2D eigenvalue weighted by atomic mass is 35.5. The molecule has 0 aliphatic rings. The Kier molecular flexibility index (Phi) is 3.35. The molecular formula is C12H12ClN3O. The van der Waals surface area contributed by atoms with Gasteiger partial charge < -0.3 is 16.2 Å². The van der Waals surface area contributed by atoms with Crippen LogP contribution < -0.4 is 11.1 Å². The molecule has 4 N–H and O–H groups in total. The van der Waals surface area contributed by atoms with E-state index in [1.165, 1.54) is 0 Å². The molecule has 5 heteroatoms. The van der Waals surface area contributed by atoms with Crippen LogP contribution in [0.1, 0.15) is 5.56 Å². The van der Waals surface area contributed by atoms with Crippen molar-refractivity contribution in [2.24, 2.45) is 0 Å². The van der Waals surface area contributed by atoms with Crippen molar-refractivity contribution in [1.29, 1.82) is 0 Å². The molecule has 0 fully saturated rings. The number of nitrogen functional groups attached to an aromatic ring is 1. The number of aromatic hydroxyl groups is 1. The van der Waals surface area contributed by atoms with Crippen LogP contribution in [0.15, 0.2) is 36.4 Å². The minimum Gasteiger partial charge on any atom is -0.508 e. The monoisotopic (exact) mass is 249 g/mol. The zero-order chi connectivity index (χ0) is 12.3. The number of hydrogen-bond acceptors (Lipinski definition) is 4. The van der Waals surface area contributed by atoms with E-state index in [1.807, 2.05) is 12.1 Å². The van der Waals surface area contributed by atoms with Crippen LogP contribution in [0, 0.1) is 0 Å². The van der Waals surface area contributed by atoms with Crippen LogP contribution in [-0.2, 0) is 6.54 Å². The molecule has 0 bridgehead atoms. The SMILES string of the molecule is Nc1cc(Cl)nc(NCc2ccc(O)cc2)c1. The number of nitrogens with two attached hydrogens (primary N) is 1. The molecule has 0 unspecified atom stereocenters. The Labute approximate surface area is 104 Å². The Morgan fingerprint density at radius 1 is 1.24 bits per heavy atom. The third-order valence-corrected chi connectivity index (χ3v) is 2.42. The van der Waals surface area contributed by atoms with Crippen molar-refractivity contribution in [2.75, 3.05) is 11.1 Å². The average Bonchev–Trinajstić information content (AvgIpc) is 2.27. The van der Waals surface area contributed by atoms with Gasteiger partial charge in [-0.2, -0.15) is 0 Å². The Morgan fingerprint density at radius 3 is 2.59 bits per heavy atom. The van der Waals surface area contributed by atoms with Crippen LogP contribution >= 0.6 is 11.6 Å². The predicted molar refractivity (Wildman–Crippen MR) is 69.1 cm³/mol. The van der Waals surface area contributed by atoms with Crippen molar-refractivity contribution in [3.63, 3.8) is 0 Å². The Bertz CT molecular complexity index is 493. The molecule has 0 saturated heterocycles. The fourth-order valence-electron chi connectivity index (χ4n) is 1.41. The standard InChI is InChI=1S/C12H12ClN3O/c13-11-5-9(14)6-12(16-11)15-7-8-1-3-10(17)4-2-8/h1-6,17H,7H2,(H3,14,15,16). The average molecular weight is 250 g/mol. The highest BCUT2D eigenvalue weighted by molar-refractivity contribution is 6.29. The van der Waals surface area contributed by atoms with Gasteiger partial charge in [0.25, 0.3) is 0 Å². The highest BCUT2D eigenvalue weighted by Crippen LogP contribution is 2.17. The number of anilines is 2. The molecule has 0 aliphatic carbocycles. The Hall–Kier alpha value is -1.94. The number of nitrogens with zero attached hydrogens (tertiary/aromatic N) is 1. The number of halogens is 1. The summed E-state index contributed by atoms with van der Waals surface area (Å²) in [7, 11) is 0. The predicted octanol–water partition coefficient (Wildman–Crippen LogP) is 2.63. The molecule has 0 atom stereocenters. The van der Waals surface area contributed by atoms with E-state index in [0.717, 1.165) is 5.56 Å². The molecular weight excluding hydrogens is 238 g/mol. The molecule has 2 aromatic rings. The highest BCUT2D eigenvalue weighted by Gasteiger charge is 1.99. The largest absolute Gasteiger partial charge is 0.508 e. The van der Waals surface area contributed by atoms with Gasteiger partial charge in [-0.25, -0.2) is 4.98 Å².